The van der Waals surface area contributed by atoms with Crippen LogP contribution in [0.25, 0.3) is 11.3 Å². The minimum absolute atomic E-state index is 0.109. The average molecular weight is 534 g/mol. The first-order valence-corrected chi connectivity index (χ1v) is 12.8. The Kier molecular flexibility index (Phi) is 5.43. The number of aromatic amines is 1. The second kappa shape index (κ2) is 8.37. The zero-order chi connectivity index (χ0) is 21.4. The van der Waals surface area contributed by atoms with Gasteiger partial charge in [-0.25, -0.2) is 0 Å². The van der Waals surface area contributed by atoms with Crippen LogP contribution in [0.3, 0.4) is 0 Å². The molecule has 0 unspecified atom stereocenters. The van der Waals surface area contributed by atoms with E-state index in [1.807, 2.05) is 6.07 Å². The topological polar surface area (TPSA) is 91.1 Å². The number of amides is 1. The summed E-state index contributed by atoms with van der Waals surface area (Å²) >= 11 is -0.155. The molecular weight excluding hydrogens is 512 g/mol. The van der Waals surface area contributed by atoms with E-state index in [1.165, 1.54) is 13.2 Å². The number of para-hydroxylation sites is 1. The van der Waals surface area contributed by atoms with E-state index in [4.69, 9.17) is 4.74 Å². The average Bonchev–Trinajstić information content (AvgIpc) is 3.13. The molecule has 4 heterocycles. The predicted molar refractivity (Wildman–Crippen MR) is 113 cm³/mol. The molecular formula is C22H22FIN5O2-. The fourth-order valence-corrected chi connectivity index (χ4v) is 7.04. The number of carbonyl (C=O) groups is 1. The number of aromatic nitrogens is 2. The van der Waals surface area contributed by atoms with Gasteiger partial charge >= 0.3 is 190 Å². The number of ether oxygens (including phenoxy) is 1. The fraction of sp³-hybridized carbons (Fsp3) is 0.273. The molecule has 1 amide bonds. The maximum absolute atomic E-state index is 14.3. The van der Waals surface area contributed by atoms with Gasteiger partial charge in [0.05, 0.1) is 0 Å². The molecule has 0 spiro atoms. The van der Waals surface area contributed by atoms with E-state index in [-0.39, 0.29) is 32.9 Å². The van der Waals surface area contributed by atoms with Crippen molar-refractivity contribution in [3.8, 4) is 17.0 Å². The third kappa shape index (κ3) is 3.60. The Labute approximate surface area is 189 Å². The number of nitrogens with one attached hydrogen (secondary N) is 4. The van der Waals surface area contributed by atoms with Gasteiger partial charge in [-0.05, 0) is 0 Å². The van der Waals surface area contributed by atoms with Gasteiger partial charge in [0.15, 0.2) is 0 Å². The van der Waals surface area contributed by atoms with Crippen molar-refractivity contribution in [3.05, 3.63) is 53.7 Å². The van der Waals surface area contributed by atoms with E-state index in [9.17, 15) is 9.18 Å². The number of halogens is 2. The molecule has 0 fully saturated rings. The summed E-state index contributed by atoms with van der Waals surface area (Å²) < 4.78 is 21.1. The number of H-pyrrole nitrogens is 1. The molecule has 2 aromatic heterocycles. The third-order valence-corrected chi connectivity index (χ3v) is 8.97. The second-order valence-electron chi connectivity index (χ2n) is 7.33. The van der Waals surface area contributed by atoms with Gasteiger partial charge in [-0.2, -0.15) is 0 Å². The van der Waals surface area contributed by atoms with Gasteiger partial charge in [-0.1, -0.05) is 0 Å². The summed E-state index contributed by atoms with van der Waals surface area (Å²) in [7, 11) is 1.43. The monoisotopic (exact) mass is 534 g/mol. The molecule has 1 atom stereocenters. The normalized spacial score (nSPS) is 17.9. The summed E-state index contributed by atoms with van der Waals surface area (Å²) in [5, 5.41) is 9.85. The molecule has 5 rings (SSSR count). The summed E-state index contributed by atoms with van der Waals surface area (Å²) in [6.07, 6.45) is 4.61. The maximum atomic E-state index is 14.3. The number of anilines is 3. The van der Waals surface area contributed by atoms with Gasteiger partial charge in [-0.3, -0.25) is 0 Å². The Morgan fingerprint density at radius 1 is 1.29 bits per heavy atom. The quantitative estimate of drug-likeness (QED) is 0.293. The van der Waals surface area contributed by atoms with Crippen molar-refractivity contribution in [1.82, 2.24) is 15.3 Å². The Morgan fingerprint density at radius 3 is 3.06 bits per heavy atom. The SMILES string of the molecule is COc1c(F)cccc1Nc1c2[nH]c3c1C(=O)NC[C@@H]3[I-]CCCNc1cnccc1-2. The van der Waals surface area contributed by atoms with E-state index in [0.29, 0.717) is 27.4 Å². The number of hydrogen-bond donors (Lipinski definition) is 4. The van der Waals surface area contributed by atoms with Crippen LogP contribution in [0.15, 0.2) is 36.7 Å². The van der Waals surface area contributed by atoms with Gasteiger partial charge < -0.3 is 0 Å². The first kappa shape index (κ1) is 20.1. The second-order valence-corrected chi connectivity index (χ2v) is 10.8. The number of methoxy groups -OCH3 is 1. The molecule has 0 aliphatic carbocycles. The van der Waals surface area contributed by atoms with Crippen LogP contribution in [0.1, 0.15) is 26.4 Å². The molecule has 2 bridgehead atoms. The van der Waals surface area contributed by atoms with E-state index < -0.39 is 5.82 Å². The Morgan fingerprint density at radius 2 is 2.19 bits per heavy atom. The first-order chi connectivity index (χ1) is 15.2. The van der Waals surface area contributed by atoms with Crippen molar-refractivity contribution in [2.75, 3.05) is 35.3 Å². The third-order valence-electron chi connectivity index (χ3n) is 5.45. The van der Waals surface area contributed by atoms with Crippen molar-refractivity contribution in [3.63, 3.8) is 0 Å². The summed E-state index contributed by atoms with van der Waals surface area (Å²) in [6, 6.07) is 6.63. The summed E-state index contributed by atoms with van der Waals surface area (Å²) in [4.78, 5) is 20.8. The number of carbonyl (C=O) groups excluding carboxylic acids is 1. The zero-order valence-electron chi connectivity index (χ0n) is 16.9. The molecule has 162 valence electrons. The summed E-state index contributed by atoms with van der Waals surface area (Å²) in [5.74, 6) is -0.485. The molecule has 9 heteroatoms. The molecule has 4 N–H and O–H groups in total. The van der Waals surface area contributed by atoms with Crippen LogP contribution in [0, 0.1) is 5.82 Å². The van der Waals surface area contributed by atoms with Crippen LogP contribution < -0.4 is 41.9 Å². The molecule has 1 aromatic carbocycles. The molecule has 2 aliphatic rings. The van der Waals surface area contributed by atoms with Crippen molar-refractivity contribution in [2.45, 2.75) is 10.3 Å². The number of nitrogens with zero attached hydrogens (tertiary/aromatic N) is 1. The molecule has 7 nitrogen and oxygen atoms in total. The van der Waals surface area contributed by atoms with E-state index in [1.54, 1.807) is 24.5 Å². The van der Waals surface area contributed by atoms with E-state index in [0.717, 1.165) is 40.0 Å². The van der Waals surface area contributed by atoms with Crippen molar-refractivity contribution < 1.29 is 35.1 Å². The Hall–Kier alpha value is -2.82. The van der Waals surface area contributed by atoms with Gasteiger partial charge in [0.1, 0.15) is 0 Å². The van der Waals surface area contributed by atoms with Gasteiger partial charge in [-0.15, -0.1) is 0 Å². The zero-order valence-corrected chi connectivity index (χ0v) is 19.0. The number of benzene rings is 1. The molecule has 0 radical (unpaired) electrons. The molecule has 2 aliphatic heterocycles. The van der Waals surface area contributed by atoms with E-state index in [2.05, 4.69) is 25.9 Å². The van der Waals surface area contributed by atoms with Crippen LogP contribution >= 0.6 is 0 Å². The van der Waals surface area contributed by atoms with Gasteiger partial charge in [0.2, 0.25) is 0 Å². The van der Waals surface area contributed by atoms with Crippen LogP contribution in [-0.2, 0) is 0 Å². The number of pyridine rings is 1. The van der Waals surface area contributed by atoms with Crippen molar-refractivity contribution in [1.29, 1.82) is 0 Å². The molecule has 0 saturated carbocycles. The number of fused-ring (bicyclic) bond motifs is 3. The number of alkyl halides is 2. The standard InChI is InChI=1S/C22H22FIN5O2/c1-31-21-13(23)4-2-5-15(21)28-20-17-19-14(10-27-22(17)30)24-7-3-8-26-16-11-25-9-6-12(16)18(20)29-19/h2,4-6,9,11,14,26,28-29H,3,7-8,10H2,1H3,(H,27,30)/q-1/t14-/m0/s1. The van der Waals surface area contributed by atoms with Crippen LogP contribution in [-0.4, -0.2) is 40.5 Å². The van der Waals surface area contributed by atoms with Gasteiger partial charge in [0.25, 0.3) is 0 Å². The Bertz CT molecular complexity index is 1150. The van der Waals surface area contributed by atoms with Crippen LogP contribution in [0.5, 0.6) is 5.75 Å². The number of hydrogen-bond acceptors (Lipinski definition) is 5. The number of rotatable bonds is 3. The molecule has 3 aromatic rings. The van der Waals surface area contributed by atoms with Crippen LogP contribution in [0.2, 0.25) is 0 Å². The van der Waals surface area contributed by atoms with Gasteiger partial charge in [0, 0.05) is 0 Å². The Balaban J connectivity index is 1.74. The minimum atomic E-state index is -0.465. The first-order valence-electron chi connectivity index (χ1n) is 10.1. The predicted octanol–water partition coefficient (Wildman–Crippen LogP) is 0.657. The van der Waals surface area contributed by atoms with Crippen molar-refractivity contribution in [2.24, 2.45) is 0 Å². The van der Waals surface area contributed by atoms with Crippen LogP contribution in [0.4, 0.5) is 21.5 Å². The molecule has 31 heavy (non-hydrogen) atoms. The summed E-state index contributed by atoms with van der Waals surface area (Å²) in [5.41, 5.74) is 5.25. The summed E-state index contributed by atoms with van der Waals surface area (Å²) in [6.45, 7) is 1.52. The fourth-order valence-electron chi connectivity index (χ4n) is 4.02. The van der Waals surface area contributed by atoms with Crippen molar-refractivity contribution >= 4 is 23.0 Å². The van der Waals surface area contributed by atoms with E-state index >= 15 is 0 Å². The molecule has 0 saturated heterocycles.